The highest BCUT2D eigenvalue weighted by atomic mass is 79.9. The van der Waals surface area contributed by atoms with E-state index < -0.39 is 0 Å². The maximum atomic E-state index is 8.73. The smallest absolute Gasteiger partial charge is 0.123 e. The molecule has 4 heteroatoms. The maximum absolute atomic E-state index is 8.73. The average Bonchev–Trinajstić information content (AvgIpc) is 2.32. The molecule has 17 heavy (non-hydrogen) atoms. The first kappa shape index (κ1) is 14.5. The fraction of sp³-hybridized carbons (Fsp3) is 0.538. The molecule has 0 atom stereocenters. The van der Waals surface area contributed by atoms with Gasteiger partial charge in [0.25, 0.3) is 0 Å². The molecule has 1 aromatic carbocycles. The molecular formula is C13H20BrNO2. The second kappa shape index (κ2) is 8.50. The largest absolute Gasteiger partial charge is 0.493 e. The average molecular weight is 302 g/mol. The minimum absolute atomic E-state index is 0.167. The summed E-state index contributed by atoms with van der Waals surface area (Å²) < 4.78 is 6.70. The third-order valence-corrected chi connectivity index (χ3v) is 2.82. The van der Waals surface area contributed by atoms with Crippen LogP contribution >= 0.6 is 15.9 Å². The van der Waals surface area contributed by atoms with E-state index >= 15 is 0 Å². The van der Waals surface area contributed by atoms with Crippen LogP contribution in [0.25, 0.3) is 0 Å². The molecule has 0 heterocycles. The first-order valence-corrected chi connectivity index (χ1v) is 6.80. The van der Waals surface area contributed by atoms with E-state index in [9.17, 15) is 0 Å². The maximum Gasteiger partial charge on any atom is 0.123 e. The van der Waals surface area contributed by atoms with E-state index in [4.69, 9.17) is 9.84 Å². The van der Waals surface area contributed by atoms with Crippen molar-refractivity contribution in [1.29, 1.82) is 0 Å². The minimum Gasteiger partial charge on any atom is -0.493 e. The van der Waals surface area contributed by atoms with Gasteiger partial charge in [-0.15, -0.1) is 0 Å². The Morgan fingerprint density at radius 1 is 1.41 bits per heavy atom. The van der Waals surface area contributed by atoms with Crippen molar-refractivity contribution < 1.29 is 9.84 Å². The number of benzene rings is 1. The lowest BCUT2D eigenvalue weighted by atomic mass is 10.2. The molecule has 0 aliphatic heterocycles. The highest BCUT2D eigenvalue weighted by Gasteiger charge is 2.04. The van der Waals surface area contributed by atoms with Crippen LogP contribution in [0.3, 0.4) is 0 Å². The Bertz CT molecular complexity index is 331. The predicted molar refractivity (Wildman–Crippen MR) is 73.3 cm³/mol. The zero-order chi connectivity index (χ0) is 12.5. The number of hydrogen-bond acceptors (Lipinski definition) is 3. The topological polar surface area (TPSA) is 41.5 Å². The number of aliphatic hydroxyl groups excluding tert-OH is 1. The first-order valence-electron chi connectivity index (χ1n) is 6.00. The molecule has 0 amide bonds. The van der Waals surface area contributed by atoms with E-state index in [1.54, 1.807) is 0 Å². The molecule has 2 N–H and O–H groups in total. The number of ether oxygens (including phenoxy) is 1. The summed E-state index contributed by atoms with van der Waals surface area (Å²) >= 11 is 3.46. The molecule has 0 unspecified atom stereocenters. The van der Waals surface area contributed by atoms with Crippen molar-refractivity contribution in [2.24, 2.45) is 0 Å². The van der Waals surface area contributed by atoms with Crippen molar-refractivity contribution in [2.75, 3.05) is 19.8 Å². The molecule has 0 spiro atoms. The molecule has 0 aromatic heterocycles. The third kappa shape index (κ3) is 5.52. The van der Waals surface area contributed by atoms with Gasteiger partial charge in [-0.05, 0) is 31.2 Å². The molecule has 0 aliphatic rings. The van der Waals surface area contributed by atoms with E-state index in [1.807, 2.05) is 12.1 Å². The second-order valence-corrected chi connectivity index (χ2v) is 4.77. The van der Waals surface area contributed by atoms with Crippen molar-refractivity contribution in [3.63, 3.8) is 0 Å². The number of nitrogens with one attached hydrogen (secondary N) is 1. The van der Waals surface area contributed by atoms with Crippen LogP contribution in [-0.2, 0) is 6.54 Å². The van der Waals surface area contributed by atoms with Gasteiger partial charge in [0.2, 0.25) is 0 Å². The number of halogens is 1. The van der Waals surface area contributed by atoms with Gasteiger partial charge in [0.05, 0.1) is 6.61 Å². The zero-order valence-corrected chi connectivity index (χ0v) is 11.8. The van der Waals surface area contributed by atoms with Crippen molar-refractivity contribution in [3.05, 3.63) is 28.2 Å². The van der Waals surface area contributed by atoms with E-state index in [0.29, 0.717) is 13.0 Å². The highest BCUT2D eigenvalue weighted by Crippen LogP contribution is 2.23. The summed E-state index contributed by atoms with van der Waals surface area (Å²) in [6, 6.07) is 6.00. The fourth-order valence-electron chi connectivity index (χ4n) is 1.47. The monoisotopic (exact) mass is 301 g/mol. The minimum atomic E-state index is 0.167. The number of hydrogen-bond donors (Lipinski definition) is 2. The van der Waals surface area contributed by atoms with Crippen LogP contribution in [-0.4, -0.2) is 24.9 Å². The Hall–Kier alpha value is -0.580. The Labute approximate surface area is 111 Å². The van der Waals surface area contributed by atoms with Crippen LogP contribution in [0.5, 0.6) is 5.75 Å². The van der Waals surface area contributed by atoms with Crippen molar-refractivity contribution >= 4 is 15.9 Å². The lowest BCUT2D eigenvalue weighted by molar-refractivity contribution is 0.232. The van der Waals surface area contributed by atoms with Gasteiger partial charge in [-0.1, -0.05) is 22.9 Å². The molecular weight excluding hydrogens is 282 g/mol. The fourth-order valence-corrected chi connectivity index (χ4v) is 1.88. The molecule has 1 rings (SSSR count). The van der Waals surface area contributed by atoms with Gasteiger partial charge in [-0.25, -0.2) is 0 Å². The number of rotatable bonds is 8. The van der Waals surface area contributed by atoms with Crippen molar-refractivity contribution in [2.45, 2.75) is 26.3 Å². The van der Waals surface area contributed by atoms with Gasteiger partial charge in [-0.3, -0.25) is 0 Å². The summed E-state index contributed by atoms with van der Waals surface area (Å²) in [5.41, 5.74) is 1.14. The van der Waals surface area contributed by atoms with Crippen LogP contribution in [0.1, 0.15) is 25.3 Å². The SMILES string of the molecule is CCCNCc1cc(Br)ccc1OCCCO. The molecule has 1 aromatic rings. The zero-order valence-electron chi connectivity index (χ0n) is 10.2. The molecule has 96 valence electrons. The lowest BCUT2D eigenvalue weighted by Crippen LogP contribution is -2.15. The summed E-state index contributed by atoms with van der Waals surface area (Å²) in [6.07, 6.45) is 1.78. The van der Waals surface area contributed by atoms with Crippen LogP contribution in [0.2, 0.25) is 0 Å². The van der Waals surface area contributed by atoms with Gasteiger partial charge < -0.3 is 15.2 Å². The van der Waals surface area contributed by atoms with Crippen LogP contribution in [0.15, 0.2) is 22.7 Å². The van der Waals surface area contributed by atoms with Crippen molar-refractivity contribution in [1.82, 2.24) is 5.32 Å². The Kier molecular flexibility index (Phi) is 7.24. The Morgan fingerprint density at radius 3 is 2.94 bits per heavy atom. The third-order valence-electron chi connectivity index (χ3n) is 2.32. The number of aliphatic hydroxyl groups is 1. The van der Waals surface area contributed by atoms with Gasteiger partial charge in [0, 0.05) is 29.6 Å². The van der Waals surface area contributed by atoms with Gasteiger partial charge >= 0.3 is 0 Å². The van der Waals surface area contributed by atoms with E-state index in [-0.39, 0.29) is 6.61 Å². The molecule has 0 saturated heterocycles. The van der Waals surface area contributed by atoms with E-state index in [2.05, 4.69) is 34.2 Å². The quantitative estimate of drug-likeness (QED) is 0.726. The summed E-state index contributed by atoms with van der Waals surface area (Å²) in [4.78, 5) is 0. The van der Waals surface area contributed by atoms with Gasteiger partial charge in [0.15, 0.2) is 0 Å². The normalized spacial score (nSPS) is 10.5. The Morgan fingerprint density at radius 2 is 2.24 bits per heavy atom. The Balaban J connectivity index is 2.59. The summed E-state index contributed by atoms with van der Waals surface area (Å²) in [7, 11) is 0. The van der Waals surface area contributed by atoms with Crippen LogP contribution < -0.4 is 10.1 Å². The molecule has 0 radical (unpaired) electrons. The summed E-state index contributed by atoms with van der Waals surface area (Å²) in [5, 5.41) is 12.1. The lowest BCUT2D eigenvalue weighted by Gasteiger charge is -2.12. The molecule has 0 bridgehead atoms. The predicted octanol–water partition coefficient (Wildman–Crippen LogP) is 2.71. The van der Waals surface area contributed by atoms with Gasteiger partial charge in [0.1, 0.15) is 5.75 Å². The van der Waals surface area contributed by atoms with Crippen molar-refractivity contribution in [3.8, 4) is 5.75 Å². The van der Waals surface area contributed by atoms with Gasteiger partial charge in [-0.2, -0.15) is 0 Å². The molecule has 0 aliphatic carbocycles. The van der Waals surface area contributed by atoms with E-state index in [1.165, 1.54) is 0 Å². The highest BCUT2D eigenvalue weighted by molar-refractivity contribution is 9.10. The van der Waals surface area contributed by atoms with Crippen LogP contribution in [0, 0.1) is 0 Å². The molecule has 0 fully saturated rings. The first-order chi connectivity index (χ1) is 8.27. The summed E-state index contributed by atoms with van der Waals surface area (Å²) in [6.45, 7) is 4.68. The molecule has 0 saturated carbocycles. The second-order valence-electron chi connectivity index (χ2n) is 3.85. The molecule has 3 nitrogen and oxygen atoms in total. The summed E-state index contributed by atoms with van der Waals surface area (Å²) in [5.74, 6) is 0.894. The van der Waals surface area contributed by atoms with Crippen LogP contribution in [0.4, 0.5) is 0 Å². The standard InChI is InChI=1S/C13H20BrNO2/c1-2-6-15-10-11-9-12(14)4-5-13(11)17-8-3-7-16/h4-5,9,15-16H,2-3,6-8,10H2,1H3. The van der Waals surface area contributed by atoms with E-state index in [0.717, 1.165) is 35.3 Å².